The summed E-state index contributed by atoms with van der Waals surface area (Å²) in [5.41, 5.74) is 5.83. The van der Waals surface area contributed by atoms with Gasteiger partial charge in [0.2, 0.25) is 0 Å². The van der Waals surface area contributed by atoms with Gasteiger partial charge in [0, 0.05) is 26.1 Å². The standard InChI is InChI=1S/C12H23N3O2/c1-17-10-3-2-9(6-10)14-8-12(4-5-12)7-11(13)15-16/h9-10,14,16H,2-8H2,1H3,(H2,13,15). The van der Waals surface area contributed by atoms with Crippen LogP contribution in [0.2, 0.25) is 0 Å². The summed E-state index contributed by atoms with van der Waals surface area (Å²) in [6.07, 6.45) is 6.94. The van der Waals surface area contributed by atoms with Crippen LogP contribution in [0.4, 0.5) is 0 Å². The Hall–Kier alpha value is -0.810. The van der Waals surface area contributed by atoms with Gasteiger partial charge in [0.05, 0.1) is 6.10 Å². The molecule has 0 heterocycles. The Labute approximate surface area is 102 Å². The largest absolute Gasteiger partial charge is 0.409 e. The maximum absolute atomic E-state index is 8.60. The van der Waals surface area contributed by atoms with Crippen molar-refractivity contribution in [2.45, 2.75) is 50.7 Å². The van der Waals surface area contributed by atoms with Crippen molar-refractivity contribution in [3.8, 4) is 0 Å². The van der Waals surface area contributed by atoms with E-state index in [2.05, 4.69) is 10.5 Å². The number of hydrogen-bond acceptors (Lipinski definition) is 4. The fourth-order valence-corrected chi connectivity index (χ4v) is 2.71. The Morgan fingerprint density at radius 3 is 2.82 bits per heavy atom. The highest BCUT2D eigenvalue weighted by molar-refractivity contribution is 5.80. The summed E-state index contributed by atoms with van der Waals surface area (Å²) in [5, 5.41) is 15.3. The van der Waals surface area contributed by atoms with E-state index in [9.17, 15) is 0 Å². The van der Waals surface area contributed by atoms with E-state index in [0.29, 0.717) is 24.4 Å². The highest BCUT2D eigenvalue weighted by atomic mass is 16.5. The van der Waals surface area contributed by atoms with Gasteiger partial charge in [0.1, 0.15) is 5.84 Å². The van der Waals surface area contributed by atoms with Gasteiger partial charge in [-0.05, 0) is 37.5 Å². The molecule has 2 aliphatic rings. The smallest absolute Gasteiger partial charge is 0.139 e. The summed E-state index contributed by atoms with van der Waals surface area (Å²) in [6, 6.07) is 0.574. The van der Waals surface area contributed by atoms with Crippen molar-refractivity contribution in [3.63, 3.8) is 0 Å². The first kappa shape index (κ1) is 12.6. The van der Waals surface area contributed by atoms with Gasteiger partial charge in [-0.3, -0.25) is 0 Å². The van der Waals surface area contributed by atoms with E-state index >= 15 is 0 Å². The Bertz CT molecular complexity index is 289. The second kappa shape index (κ2) is 5.23. The Kier molecular flexibility index (Phi) is 3.89. The quantitative estimate of drug-likeness (QED) is 0.281. The lowest BCUT2D eigenvalue weighted by molar-refractivity contribution is 0.106. The first-order valence-electron chi connectivity index (χ1n) is 6.40. The van der Waals surface area contributed by atoms with Crippen molar-refractivity contribution in [2.24, 2.45) is 16.3 Å². The lowest BCUT2D eigenvalue weighted by Crippen LogP contribution is -2.34. The van der Waals surface area contributed by atoms with E-state index in [0.717, 1.165) is 19.4 Å². The number of rotatable bonds is 6. The molecule has 2 rings (SSSR count). The minimum absolute atomic E-state index is 0.251. The highest BCUT2D eigenvalue weighted by Crippen LogP contribution is 2.48. The summed E-state index contributed by atoms with van der Waals surface area (Å²) in [7, 11) is 1.79. The molecule has 0 saturated heterocycles. The van der Waals surface area contributed by atoms with Crippen LogP contribution in [0.3, 0.4) is 0 Å². The van der Waals surface area contributed by atoms with Crippen molar-refractivity contribution in [1.82, 2.24) is 5.32 Å². The number of nitrogens with zero attached hydrogens (tertiary/aromatic N) is 1. The molecule has 5 nitrogen and oxygen atoms in total. The Balaban J connectivity index is 1.72. The Morgan fingerprint density at radius 1 is 1.53 bits per heavy atom. The minimum Gasteiger partial charge on any atom is -0.409 e. The molecule has 2 fully saturated rings. The molecule has 17 heavy (non-hydrogen) atoms. The fourth-order valence-electron chi connectivity index (χ4n) is 2.71. The van der Waals surface area contributed by atoms with Crippen molar-refractivity contribution in [3.05, 3.63) is 0 Å². The van der Waals surface area contributed by atoms with E-state index in [4.69, 9.17) is 15.7 Å². The van der Waals surface area contributed by atoms with Crippen LogP contribution in [-0.2, 0) is 4.74 Å². The normalized spacial score (nSPS) is 31.7. The van der Waals surface area contributed by atoms with Gasteiger partial charge in [0.15, 0.2) is 0 Å². The van der Waals surface area contributed by atoms with E-state index in [1.54, 1.807) is 7.11 Å². The topological polar surface area (TPSA) is 79.9 Å². The van der Waals surface area contributed by atoms with Crippen LogP contribution in [0.5, 0.6) is 0 Å². The SMILES string of the molecule is COC1CCC(NCC2(CC(N)=NO)CC2)C1. The summed E-state index contributed by atoms with van der Waals surface area (Å²) in [6.45, 7) is 0.977. The summed E-state index contributed by atoms with van der Waals surface area (Å²) in [4.78, 5) is 0. The molecule has 0 radical (unpaired) electrons. The third-order valence-corrected chi connectivity index (χ3v) is 4.13. The van der Waals surface area contributed by atoms with Crippen LogP contribution in [0, 0.1) is 5.41 Å². The highest BCUT2D eigenvalue weighted by Gasteiger charge is 2.43. The van der Waals surface area contributed by atoms with E-state index in [1.807, 2.05) is 0 Å². The molecule has 2 atom stereocenters. The van der Waals surface area contributed by atoms with Crippen LogP contribution in [0.25, 0.3) is 0 Å². The maximum Gasteiger partial charge on any atom is 0.139 e. The van der Waals surface area contributed by atoms with Crippen LogP contribution < -0.4 is 11.1 Å². The molecular weight excluding hydrogens is 218 g/mol. The van der Waals surface area contributed by atoms with Crippen molar-refractivity contribution < 1.29 is 9.94 Å². The average Bonchev–Trinajstić information content (AvgIpc) is 2.94. The van der Waals surface area contributed by atoms with Gasteiger partial charge in [-0.1, -0.05) is 5.16 Å². The number of nitrogens with two attached hydrogens (primary N) is 1. The number of hydrogen-bond donors (Lipinski definition) is 3. The summed E-state index contributed by atoms with van der Waals surface area (Å²) < 4.78 is 5.36. The average molecular weight is 241 g/mol. The lowest BCUT2D eigenvalue weighted by atomic mass is 10.0. The molecule has 2 aliphatic carbocycles. The van der Waals surface area contributed by atoms with Gasteiger partial charge in [-0.25, -0.2) is 0 Å². The number of methoxy groups -OCH3 is 1. The van der Waals surface area contributed by atoms with Crippen molar-refractivity contribution >= 4 is 5.84 Å². The molecule has 2 saturated carbocycles. The van der Waals surface area contributed by atoms with E-state index in [1.165, 1.54) is 19.3 Å². The zero-order chi connectivity index (χ0) is 12.3. The molecule has 0 aromatic heterocycles. The third kappa shape index (κ3) is 3.33. The van der Waals surface area contributed by atoms with Gasteiger partial charge in [-0.15, -0.1) is 0 Å². The molecule has 2 unspecified atom stereocenters. The lowest BCUT2D eigenvalue weighted by Gasteiger charge is -2.19. The molecule has 0 spiro atoms. The molecule has 0 amide bonds. The molecule has 98 valence electrons. The number of ether oxygens (including phenoxy) is 1. The molecule has 0 aromatic rings. The number of nitrogens with one attached hydrogen (secondary N) is 1. The molecule has 0 aliphatic heterocycles. The predicted octanol–water partition coefficient (Wildman–Crippen LogP) is 1.06. The molecule has 0 bridgehead atoms. The Morgan fingerprint density at radius 2 is 2.29 bits per heavy atom. The molecular formula is C12H23N3O2. The van der Waals surface area contributed by atoms with Crippen molar-refractivity contribution in [1.29, 1.82) is 0 Å². The van der Waals surface area contributed by atoms with E-state index < -0.39 is 0 Å². The fraction of sp³-hybridized carbons (Fsp3) is 0.917. The van der Waals surface area contributed by atoms with Crippen LogP contribution in [-0.4, -0.2) is 36.8 Å². The van der Waals surface area contributed by atoms with Gasteiger partial charge in [0.25, 0.3) is 0 Å². The summed E-state index contributed by atoms with van der Waals surface area (Å²) >= 11 is 0. The monoisotopic (exact) mass is 241 g/mol. The summed E-state index contributed by atoms with van der Waals surface area (Å²) in [5.74, 6) is 0.352. The second-order valence-corrected chi connectivity index (χ2v) is 5.52. The maximum atomic E-state index is 8.60. The number of oxime groups is 1. The molecule has 0 aromatic carbocycles. The number of amidine groups is 1. The zero-order valence-corrected chi connectivity index (χ0v) is 10.5. The van der Waals surface area contributed by atoms with Crippen LogP contribution in [0.15, 0.2) is 5.16 Å². The molecule has 4 N–H and O–H groups in total. The van der Waals surface area contributed by atoms with Crippen LogP contribution in [0.1, 0.15) is 38.5 Å². The first-order chi connectivity index (χ1) is 8.17. The van der Waals surface area contributed by atoms with Gasteiger partial charge >= 0.3 is 0 Å². The van der Waals surface area contributed by atoms with Gasteiger partial charge < -0.3 is 21.0 Å². The first-order valence-corrected chi connectivity index (χ1v) is 6.40. The zero-order valence-electron chi connectivity index (χ0n) is 10.5. The van der Waals surface area contributed by atoms with Gasteiger partial charge in [-0.2, -0.15) is 0 Å². The van der Waals surface area contributed by atoms with Crippen LogP contribution >= 0.6 is 0 Å². The minimum atomic E-state index is 0.251. The second-order valence-electron chi connectivity index (χ2n) is 5.52. The van der Waals surface area contributed by atoms with Crippen molar-refractivity contribution in [2.75, 3.05) is 13.7 Å². The third-order valence-electron chi connectivity index (χ3n) is 4.13. The van der Waals surface area contributed by atoms with E-state index in [-0.39, 0.29) is 5.41 Å². The predicted molar refractivity (Wildman–Crippen MR) is 66.1 cm³/mol. The molecule has 5 heteroatoms.